The van der Waals surface area contributed by atoms with Gasteiger partial charge in [0.25, 0.3) is 0 Å². The van der Waals surface area contributed by atoms with Gasteiger partial charge < -0.3 is 14.8 Å². The SMILES string of the molecule is COc1ccc(Br)c(CNCc2ccncc2)c1OCc1ccc(C)cc1. The fraction of sp³-hybridized carbons (Fsp3) is 0.227. The molecule has 0 amide bonds. The Labute approximate surface area is 168 Å². The normalized spacial score (nSPS) is 10.6. The van der Waals surface area contributed by atoms with Crippen LogP contribution in [0.1, 0.15) is 22.3 Å². The van der Waals surface area contributed by atoms with Crippen LogP contribution >= 0.6 is 15.9 Å². The molecule has 5 heteroatoms. The van der Waals surface area contributed by atoms with Crippen LogP contribution in [0.15, 0.2) is 65.4 Å². The number of rotatable bonds is 8. The monoisotopic (exact) mass is 426 g/mol. The van der Waals surface area contributed by atoms with Gasteiger partial charge in [-0.3, -0.25) is 4.98 Å². The maximum atomic E-state index is 6.16. The number of pyridine rings is 1. The highest BCUT2D eigenvalue weighted by molar-refractivity contribution is 9.10. The minimum absolute atomic E-state index is 0.491. The van der Waals surface area contributed by atoms with Crippen LogP contribution in [0.4, 0.5) is 0 Å². The van der Waals surface area contributed by atoms with Gasteiger partial charge in [0.05, 0.1) is 7.11 Å². The number of hydrogen-bond acceptors (Lipinski definition) is 4. The second-order valence-electron chi connectivity index (χ2n) is 6.29. The Kier molecular flexibility index (Phi) is 6.85. The quantitative estimate of drug-likeness (QED) is 0.548. The molecule has 0 aliphatic rings. The molecule has 0 radical (unpaired) electrons. The van der Waals surface area contributed by atoms with Crippen molar-refractivity contribution >= 4 is 15.9 Å². The highest BCUT2D eigenvalue weighted by atomic mass is 79.9. The molecule has 0 aliphatic carbocycles. The van der Waals surface area contributed by atoms with Crippen molar-refractivity contribution in [3.8, 4) is 11.5 Å². The molecule has 1 N–H and O–H groups in total. The molecule has 4 nitrogen and oxygen atoms in total. The zero-order valence-corrected chi connectivity index (χ0v) is 17.1. The third-order valence-electron chi connectivity index (χ3n) is 4.27. The fourth-order valence-corrected chi connectivity index (χ4v) is 3.19. The van der Waals surface area contributed by atoms with E-state index in [-0.39, 0.29) is 0 Å². The van der Waals surface area contributed by atoms with Gasteiger partial charge in [-0.1, -0.05) is 45.8 Å². The summed E-state index contributed by atoms with van der Waals surface area (Å²) in [5, 5.41) is 3.46. The first kappa shape index (κ1) is 19.4. The molecular weight excluding hydrogens is 404 g/mol. The van der Waals surface area contributed by atoms with E-state index in [2.05, 4.69) is 57.4 Å². The summed E-state index contributed by atoms with van der Waals surface area (Å²) < 4.78 is 12.7. The largest absolute Gasteiger partial charge is 0.493 e. The number of aromatic nitrogens is 1. The average Bonchev–Trinajstić information content (AvgIpc) is 2.70. The van der Waals surface area contributed by atoms with Crippen LogP contribution in [-0.4, -0.2) is 12.1 Å². The van der Waals surface area contributed by atoms with Crippen LogP contribution in [-0.2, 0) is 19.7 Å². The van der Waals surface area contributed by atoms with Crippen molar-refractivity contribution < 1.29 is 9.47 Å². The van der Waals surface area contributed by atoms with Crippen molar-refractivity contribution in [1.29, 1.82) is 0 Å². The number of halogens is 1. The predicted octanol–water partition coefficient (Wildman–Crippen LogP) is 5.03. The number of benzene rings is 2. The van der Waals surface area contributed by atoms with Crippen LogP contribution in [0.2, 0.25) is 0 Å². The summed E-state index contributed by atoms with van der Waals surface area (Å²) in [7, 11) is 1.66. The van der Waals surface area contributed by atoms with Gasteiger partial charge in [-0.05, 0) is 42.3 Å². The molecular formula is C22H23BrN2O2. The van der Waals surface area contributed by atoms with Crippen molar-refractivity contribution in [2.75, 3.05) is 7.11 Å². The van der Waals surface area contributed by atoms with E-state index in [1.807, 2.05) is 24.3 Å². The van der Waals surface area contributed by atoms with E-state index in [9.17, 15) is 0 Å². The van der Waals surface area contributed by atoms with E-state index in [0.717, 1.165) is 33.6 Å². The summed E-state index contributed by atoms with van der Waals surface area (Å²) >= 11 is 3.65. The maximum Gasteiger partial charge on any atom is 0.167 e. The molecule has 3 aromatic rings. The summed E-state index contributed by atoms with van der Waals surface area (Å²) in [4.78, 5) is 4.05. The number of hydrogen-bond donors (Lipinski definition) is 1. The van der Waals surface area contributed by atoms with Gasteiger partial charge in [0.15, 0.2) is 11.5 Å². The van der Waals surface area contributed by atoms with Crippen LogP contribution in [0.5, 0.6) is 11.5 Å². The smallest absolute Gasteiger partial charge is 0.167 e. The lowest BCUT2D eigenvalue weighted by Crippen LogP contribution is -2.14. The third kappa shape index (κ3) is 5.31. The molecule has 1 heterocycles. The molecule has 0 unspecified atom stereocenters. The van der Waals surface area contributed by atoms with Crippen molar-refractivity contribution in [3.63, 3.8) is 0 Å². The maximum absolute atomic E-state index is 6.16. The number of aryl methyl sites for hydroxylation is 1. The Morgan fingerprint density at radius 3 is 2.37 bits per heavy atom. The molecule has 1 aromatic heterocycles. The average molecular weight is 427 g/mol. The highest BCUT2D eigenvalue weighted by Crippen LogP contribution is 2.36. The Morgan fingerprint density at radius 2 is 1.67 bits per heavy atom. The molecule has 3 rings (SSSR count). The number of methoxy groups -OCH3 is 1. The number of nitrogens with one attached hydrogen (secondary N) is 1. The van der Waals surface area contributed by atoms with E-state index in [1.54, 1.807) is 19.5 Å². The van der Waals surface area contributed by atoms with Crippen LogP contribution in [0.3, 0.4) is 0 Å². The molecule has 2 aromatic carbocycles. The van der Waals surface area contributed by atoms with Gasteiger partial charge in [-0.15, -0.1) is 0 Å². The third-order valence-corrected chi connectivity index (χ3v) is 5.01. The van der Waals surface area contributed by atoms with E-state index >= 15 is 0 Å². The zero-order chi connectivity index (χ0) is 19.1. The van der Waals surface area contributed by atoms with Crippen molar-refractivity contribution in [2.24, 2.45) is 0 Å². The van der Waals surface area contributed by atoms with E-state index in [4.69, 9.17) is 9.47 Å². The molecule has 0 fully saturated rings. The van der Waals surface area contributed by atoms with Gasteiger partial charge in [-0.2, -0.15) is 0 Å². The lowest BCUT2D eigenvalue weighted by atomic mass is 10.1. The fourth-order valence-electron chi connectivity index (χ4n) is 2.74. The molecule has 0 spiro atoms. The summed E-state index contributed by atoms with van der Waals surface area (Å²) in [5.74, 6) is 1.49. The topological polar surface area (TPSA) is 43.4 Å². The van der Waals surface area contributed by atoms with Crippen molar-refractivity contribution in [2.45, 2.75) is 26.6 Å². The molecule has 0 atom stereocenters. The number of nitrogens with zero attached hydrogens (tertiary/aromatic N) is 1. The molecule has 0 aliphatic heterocycles. The summed E-state index contributed by atoms with van der Waals surface area (Å²) in [5.41, 5.74) is 4.58. The van der Waals surface area contributed by atoms with Crippen LogP contribution in [0.25, 0.3) is 0 Å². The van der Waals surface area contributed by atoms with Crippen molar-refractivity contribution in [1.82, 2.24) is 10.3 Å². The Hall–Kier alpha value is -2.37. The molecule has 0 saturated carbocycles. The van der Waals surface area contributed by atoms with E-state index < -0.39 is 0 Å². The summed E-state index contributed by atoms with van der Waals surface area (Å²) in [6.07, 6.45) is 3.60. The first-order chi connectivity index (χ1) is 13.2. The van der Waals surface area contributed by atoms with E-state index in [1.165, 1.54) is 11.1 Å². The van der Waals surface area contributed by atoms with Gasteiger partial charge in [-0.25, -0.2) is 0 Å². The van der Waals surface area contributed by atoms with Crippen LogP contribution < -0.4 is 14.8 Å². The first-order valence-corrected chi connectivity index (χ1v) is 9.60. The highest BCUT2D eigenvalue weighted by Gasteiger charge is 2.15. The molecule has 140 valence electrons. The minimum Gasteiger partial charge on any atom is -0.493 e. The van der Waals surface area contributed by atoms with Crippen molar-refractivity contribution in [3.05, 3.63) is 87.7 Å². The van der Waals surface area contributed by atoms with Gasteiger partial charge in [0.1, 0.15) is 6.61 Å². The van der Waals surface area contributed by atoms with Gasteiger partial charge in [0.2, 0.25) is 0 Å². The summed E-state index contributed by atoms with van der Waals surface area (Å²) in [6.45, 7) is 3.98. The van der Waals surface area contributed by atoms with E-state index in [0.29, 0.717) is 13.2 Å². The second-order valence-corrected chi connectivity index (χ2v) is 7.14. The first-order valence-electron chi connectivity index (χ1n) is 8.80. The van der Waals surface area contributed by atoms with Crippen LogP contribution in [0, 0.1) is 6.92 Å². The standard InChI is InChI=1S/C22H23BrN2O2/c1-16-3-5-18(6-4-16)15-27-22-19(20(23)7-8-21(22)26-2)14-25-13-17-9-11-24-12-10-17/h3-12,25H,13-15H2,1-2H3. The molecule has 0 saturated heterocycles. The molecule has 0 bridgehead atoms. The lowest BCUT2D eigenvalue weighted by molar-refractivity contribution is 0.280. The Morgan fingerprint density at radius 1 is 0.926 bits per heavy atom. The molecule has 27 heavy (non-hydrogen) atoms. The number of ether oxygens (including phenoxy) is 2. The second kappa shape index (κ2) is 9.53. The Bertz CT molecular complexity index is 867. The van der Waals surface area contributed by atoms with Gasteiger partial charge in [0, 0.05) is 35.5 Å². The zero-order valence-electron chi connectivity index (χ0n) is 15.5. The summed E-state index contributed by atoms with van der Waals surface area (Å²) in [6, 6.07) is 16.3. The minimum atomic E-state index is 0.491. The lowest BCUT2D eigenvalue weighted by Gasteiger charge is -2.17. The predicted molar refractivity (Wildman–Crippen MR) is 111 cm³/mol. The Balaban J connectivity index is 1.74. The van der Waals surface area contributed by atoms with Gasteiger partial charge >= 0.3 is 0 Å².